The predicted octanol–water partition coefficient (Wildman–Crippen LogP) is 1.92. The smallest absolute Gasteiger partial charge is 0.269 e. The lowest BCUT2D eigenvalue weighted by molar-refractivity contribution is 0.145. The van der Waals surface area contributed by atoms with Crippen LogP contribution in [0.25, 0.3) is 11.3 Å². The first-order valence-electron chi connectivity index (χ1n) is 9.39. The molecule has 0 unspecified atom stereocenters. The molecule has 0 bridgehead atoms. The largest absolute Gasteiger partial charge is 0.393 e. The summed E-state index contributed by atoms with van der Waals surface area (Å²) < 4.78 is 6.78. The van der Waals surface area contributed by atoms with Gasteiger partial charge in [-0.2, -0.15) is 5.10 Å². The molecule has 0 aromatic carbocycles. The summed E-state index contributed by atoms with van der Waals surface area (Å²) in [5, 5.41) is 18.2. The Morgan fingerprint density at radius 3 is 2.68 bits per heavy atom. The molecule has 0 aliphatic carbocycles. The zero-order valence-corrected chi connectivity index (χ0v) is 16.0. The lowest BCUT2D eigenvalue weighted by Crippen LogP contribution is -2.37. The molecular formula is C20H23N5O3. The van der Waals surface area contributed by atoms with Crippen LogP contribution in [-0.4, -0.2) is 44.2 Å². The SMILES string of the molecule is Cc1ccc(-c2noc(C)c2Cn2ncc(N3CCC(O)CC3)cc2=O)cn1. The average molecular weight is 381 g/mol. The van der Waals surface area contributed by atoms with E-state index in [1.54, 1.807) is 18.5 Å². The number of aryl methyl sites for hydroxylation is 2. The van der Waals surface area contributed by atoms with Crippen molar-refractivity contribution in [3.05, 3.63) is 58.0 Å². The van der Waals surface area contributed by atoms with Crippen LogP contribution in [-0.2, 0) is 6.54 Å². The van der Waals surface area contributed by atoms with Crippen LogP contribution in [0.4, 0.5) is 5.69 Å². The van der Waals surface area contributed by atoms with Gasteiger partial charge in [-0.1, -0.05) is 5.16 Å². The molecule has 1 saturated heterocycles. The molecule has 8 heteroatoms. The molecule has 3 aromatic rings. The number of aliphatic hydroxyl groups is 1. The first-order chi connectivity index (χ1) is 13.5. The predicted molar refractivity (Wildman–Crippen MR) is 104 cm³/mol. The molecule has 1 fully saturated rings. The van der Waals surface area contributed by atoms with E-state index in [0.717, 1.165) is 35.6 Å². The van der Waals surface area contributed by atoms with E-state index in [9.17, 15) is 9.90 Å². The third-order valence-electron chi connectivity index (χ3n) is 5.16. The maximum Gasteiger partial charge on any atom is 0.269 e. The number of aromatic nitrogens is 4. The summed E-state index contributed by atoms with van der Waals surface area (Å²) in [4.78, 5) is 19.0. The normalized spacial score (nSPS) is 15.2. The molecule has 3 aromatic heterocycles. The van der Waals surface area contributed by atoms with Gasteiger partial charge in [0.05, 0.1) is 24.5 Å². The molecule has 1 aliphatic heterocycles. The van der Waals surface area contributed by atoms with Crippen LogP contribution in [0.2, 0.25) is 0 Å². The summed E-state index contributed by atoms with van der Waals surface area (Å²) >= 11 is 0. The van der Waals surface area contributed by atoms with E-state index in [4.69, 9.17) is 4.52 Å². The topological polar surface area (TPSA) is 97.3 Å². The van der Waals surface area contributed by atoms with Gasteiger partial charge in [-0.3, -0.25) is 9.78 Å². The van der Waals surface area contributed by atoms with Crippen molar-refractivity contribution in [1.82, 2.24) is 19.9 Å². The van der Waals surface area contributed by atoms with Gasteiger partial charge in [0, 0.05) is 42.2 Å². The zero-order valence-electron chi connectivity index (χ0n) is 16.0. The number of anilines is 1. The van der Waals surface area contributed by atoms with Crippen molar-refractivity contribution in [3.8, 4) is 11.3 Å². The second-order valence-electron chi connectivity index (χ2n) is 7.18. The molecule has 4 rings (SSSR count). The van der Waals surface area contributed by atoms with E-state index in [0.29, 0.717) is 24.3 Å². The van der Waals surface area contributed by atoms with Crippen LogP contribution in [0.3, 0.4) is 0 Å². The second kappa shape index (κ2) is 7.55. The Morgan fingerprint density at radius 1 is 1.21 bits per heavy atom. The van der Waals surface area contributed by atoms with Crippen LogP contribution in [0, 0.1) is 13.8 Å². The molecule has 0 saturated carbocycles. The van der Waals surface area contributed by atoms with E-state index in [-0.39, 0.29) is 18.2 Å². The molecule has 146 valence electrons. The van der Waals surface area contributed by atoms with Crippen LogP contribution < -0.4 is 10.5 Å². The third kappa shape index (κ3) is 3.68. The molecule has 0 spiro atoms. The highest BCUT2D eigenvalue weighted by molar-refractivity contribution is 5.62. The molecule has 28 heavy (non-hydrogen) atoms. The number of nitrogens with zero attached hydrogens (tertiary/aromatic N) is 5. The summed E-state index contributed by atoms with van der Waals surface area (Å²) in [6, 6.07) is 5.45. The van der Waals surface area contributed by atoms with Crippen molar-refractivity contribution in [2.75, 3.05) is 18.0 Å². The number of pyridine rings is 1. The van der Waals surface area contributed by atoms with Gasteiger partial charge in [0.2, 0.25) is 0 Å². The minimum Gasteiger partial charge on any atom is -0.393 e. The minimum absolute atomic E-state index is 0.183. The van der Waals surface area contributed by atoms with Crippen LogP contribution >= 0.6 is 0 Å². The first kappa shape index (κ1) is 18.4. The van der Waals surface area contributed by atoms with Gasteiger partial charge in [0.15, 0.2) is 0 Å². The van der Waals surface area contributed by atoms with Gasteiger partial charge in [-0.15, -0.1) is 0 Å². The van der Waals surface area contributed by atoms with Crippen molar-refractivity contribution in [2.45, 2.75) is 39.3 Å². The van der Waals surface area contributed by atoms with E-state index in [1.165, 1.54) is 4.68 Å². The molecular weight excluding hydrogens is 358 g/mol. The maximum absolute atomic E-state index is 12.6. The van der Waals surface area contributed by atoms with Crippen molar-refractivity contribution >= 4 is 5.69 Å². The molecule has 0 amide bonds. The Kier molecular flexibility index (Phi) is 4.95. The fraction of sp³-hybridized carbons (Fsp3) is 0.400. The summed E-state index contributed by atoms with van der Waals surface area (Å²) in [5.41, 5.74) is 3.86. The van der Waals surface area contributed by atoms with Gasteiger partial charge >= 0.3 is 0 Å². The van der Waals surface area contributed by atoms with E-state index in [1.807, 2.05) is 26.0 Å². The summed E-state index contributed by atoms with van der Waals surface area (Å²) in [7, 11) is 0. The summed E-state index contributed by atoms with van der Waals surface area (Å²) in [5.74, 6) is 0.651. The molecule has 0 atom stereocenters. The summed E-state index contributed by atoms with van der Waals surface area (Å²) in [6.07, 6.45) is 4.61. The van der Waals surface area contributed by atoms with Gasteiger partial charge in [0.1, 0.15) is 11.5 Å². The third-order valence-corrected chi connectivity index (χ3v) is 5.16. The van der Waals surface area contributed by atoms with Crippen molar-refractivity contribution < 1.29 is 9.63 Å². The number of rotatable bonds is 4. The van der Waals surface area contributed by atoms with Crippen molar-refractivity contribution in [1.29, 1.82) is 0 Å². The molecule has 0 radical (unpaired) electrons. The lowest BCUT2D eigenvalue weighted by atomic mass is 10.1. The number of aliphatic hydroxyl groups excluding tert-OH is 1. The Morgan fingerprint density at radius 2 is 2.00 bits per heavy atom. The molecule has 1 aliphatic rings. The highest BCUT2D eigenvalue weighted by Gasteiger charge is 2.20. The lowest BCUT2D eigenvalue weighted by Gasteiger charge is -2.31. The molecule has 8 nitrogen and oxygen atoms in total. The Bertz CT molecular complexity index is 1020. The number of piperidine rings is 1. The highest BCUT2D eigenvalue weighted by Crippen LogP contribution is 2.25. The first-order valence-corrected chi connectivity index (χ1v) is 9.39. The minimum atomic E-state index is -0.254. The highest BCUT2D eigenvalue weighted by atomic mass is 16.5. The van der Waals surface area contributed by atoms with E-state index < -0.39 is 0 Å². The van der Waals surface area contributed by atoms with Crippen LogP contribution in [0.15, 0.2) is 39.9 Å². The molecule has 4 heterocycles. The Labute approximate surface area is 162 Å². The van der Waals surface area contributed by atoms with Gasteiger partial charge < -0.3 is 14.5 Å². The number of hydrogen-bond acceptors (Lipinski definition) is 7. The fourth-order valence-electron chi connectivity index (χ4n) is 3.40. The fourth-order valence-corrected chi connectivity index (χ4v) is 3.40. The second-order valence-corrected chi connectivity index (χ2v) is 7.18. The van der Waals surface area contributed by atoms with Gasteiger partial charge in [-0.25, -0.2) is 4.68 Å². The average Bonchev–Trinajstić information content (AvgIpc) is 3.05. The molecule has 1 N–H and O–H groups in total. The maximum atomic E-state index is 12.6. The van der Waals surface area contributed by atoms with Crippen LogP contribution in [0.5, 0.6) is 0 Å². The summed E-state index contributed by atoms with van der Waals surface area (Å²) in [6.45, 7) is 5.47. The monoisotopic (exact) mass is 381 g/mol. The quantitative estimate of drug-likeness (QED) is 0.737. The standard InChI is InChI=1S/C20H23N5O3/c1-13-3-4-15(10-21-13)20-18(14(2)28-23-20)12-25-19(27)9-16(11-22-25)24-7-5-17(26)6-8-24/h3-4,9-11,17,26H,5-8,12H2,1-2H3. The number of hydrogen-bond donors (Lipinski definition) is 1. The zero-order chi connectivity index (χ0) is 19.7. The van der Waals surface area contributed by atoms with Crippen molar-refractivity contribution in [2.24, 2.45) is 0 Å². The van der Waals surface area contributed by atoms with Crippen LogP contribution in [0.1, 0.15) is 29.9 Å². The van der Waals surface area contributed by atoms with E-state index >= 15 is 0 Å². The van der Waals surface area contributed by atoms with Gasteiger partial charge in [0.25, 0.3) is 5.56 Å². The Balaban J connectivity index is 1.59. The van der Waals surface area contributed by atoms with E-state index in [2.05, 4.69) is 20.1 Å². The Hall–Kier alpha value is -3.00. The van der Waals surface area contributed by atoms with Crippen molar-refractivity contribution in [3.63, 3.8) is 0 Å². The van der Waals surface area contributed by atoms with Gasteiger partial charge in [-0.05, 0) is 38.8 Å².